The number of ether oxygens (including phenoxy) is 2. The highest BCUT2D eigenvalue weighted by molar-refractivity contribution is 5.85. The van der Waals surface area contributed by atoms with Crippen molar-refractivity contribution in [2.45, 2.75) is 12.5 Å². The molecule has 0 radical (unpaired) electrons. The van der Waals surface area contributed by atoms with E-state index >= 15 is 0 Å². The number of hydrazone groups is 1. The average molecular weight is 327 g/mol. The zero-order valence-electron chi connectivity index (χ0n) is 12.8. The molecule has 7 heteroatoms. The van der Waals surface area contributed by atoms with Crippen molar-refractivity contribution >= 4 is 12.1 Å². The Labute approximate surface area is 138 Å². The zero-order chi connectivity index (χ0) is 16.9. The third kappa shape index (κ3) is 3.82. The van der Waals surface area contributed by atoms with Crippen molar-refractivity contribution in [3.05, 3.63) is 53.6 Å². The van der Waals surface area contributed by atoms with Crippen LogP contribution in [0.25, 0.3) is 0 Å². The maximum Gasteiger partial charge on any atom is 0.257 e. The van der Waals surface area contributed by atoms with Gasteiger partial charge < -0.3 is 20.3 Å². The Balaban J connectivity index is 1.53. The third-order valence-electron chi connectivity index (χ3n) is 3.51. The molecule has 2 aromatic rings. The molecule has 7 nitrogen and oxygen atoms in total. The highest BCUT2D eigenvalue weighted by atomic mass is 16.7. The van der Waals surface area contributed by atoms with Crippen LogP contribution >= 0.6 is 0 Å². The summed E-state index contributed by atoms with van der Waals surface area (Å²) in [5.74, 6) is 1.12. The minimum atomic E-state index is -0.733. The fourth-order valence-corrected chi connectivity index (χ4v) is 2.23. The molecule has 0 fully saturated rings. The summed E-state index contributed by atoms with van der Waals surface area (Å²) in [6.07, 6.45) is 1.86. The van der Waals surface area contributed by atoms with E-state index in [9.17, 15) is 9.90 Å². The van der Waals surface area contributed by atoms with E-state index in [1.807, 2.05) is 0 Å². The van der Waals surface area contributed by atoms with Crippen molar-refractivity contribution in [3.8, 4) is 17.2 Å². The van der Waals surface area contributed by atoms with Gasteiger partial charge in [0.2, 0.25) is 6.79 Å². The van der Waals surface area contributed by atoms with Gasteiger partial charge in [0.25, 0.3) is 5.91 Å². The number of benzene rings is 2. The lowest BCUT2D eigenvalue weighted by atomic mass is 10.1. The molecule has 0 bridgehead atoms. The van der Waals surface area contributed by atoms with Gasteiger partial charge >= 0.3 is 0 Å². The number of amides is 1. The quantitative estimate of drug-likeness (QED) is 0.564. The highest BCUT2D eigenvalue weighted by Gasteiger charge is 2.14. The van der Waals surface area contributed by atoms with Crippen molar-refractivity contribution < 1.29 is 19.4 Å². The Morgan fingerprint density at radius 2 is 2.00 bits per heavy atom. The minimum absolute atomic E-state index is 0.171. The zero-order valence-corrected chi connectivity index (χ0v) is 12.8. The van der Waals surface area contributed by atoms with Crippen LogP contribution in [0.3, 0.4) is 0 Å². The first-order valence-electron chi connectivity index (χ1n) is 7.38. The van der Waals surface area contributed by atoms with E-state index in [4.69, 9.17) is 15.2 Å². The van der Waals surface area contributed by atoms with E-state index in [1.165, 1.54) is 6.21 Å². The van der Waals surface area contributed by atoms with Gasteiger partial charge in [0.1, 0.15) is 5.75 Å². The number of fused-ring (bicyclic) bond motifs is 1. The van der Waals surface area contributed by atoms with Gasteiger partial charge in [-0.1, -0.05) is 12.1 Å². The monoisotopic (exact) mass is 327 g/mol. The standard InChI is InChI=1S/C17H17N3O4/c18-14(7-11-1-4-13(21)5-2-11)17(22)20-19-9-12-3-6-15-16(8-12)24-10-23-15/h1-6,8-9,14,21H,7,10,18H2,(H,20,22)/b19-9-/t14-/m1/s1. The van der Waals surface area contributed by atoms with Crippen LogP contribution in [-0.2, 0) is 11.2 Å². The van der Waals surface area contributed by atoms with Gasteiger partial charge in [-0.05, 0) is 47.9 Å². The first-order valence-corrected chi connectivity index (χ1v) is 7.38. The fraction of sp³-hybridized carbons (Fsp3) is 0.176. The molecule has 1 heterocycles. The van der Waals surface area contributed by atoms with Gasteiger partial charge in [-0.2, -0.15) is 5.10 Å². The van der Waals surface area contributed by atoms with Gasteiger partial charge in [-0.3, -0.25) is 4.79 Å². The first kappa shape index (κ1) is 15.8. The number of hydrogen-bond acceptors (Lipinski definition) is 6. The van der Waals surface area contributed by atoms with E-state index in [-0.39, 0.29) is 18.4 Å². The molecular formula is C17H17N3O4. The van der Waals surface area contributed by atoms with Crippen LogP contribution in [0.4, 0.5) is 0 Å². The number of aromatic hydroxyl groups is 1. The SMILES string of the molecule is N[C@H](Cc1ccc(O)cc1)C(=O)N/N=C\c1ccc2c(c1)OCO2. The first-order chi connectivity index (χ1) is 11.6. The second-order valence-corrected chi connectivity index (χ2v) is 5.32. The van der Waals surface area contributed by atoms with E-state index in [2.05, 4.69) is 10.5 Å². The average Bonchev–Trinajstić information content (AvgIpc) is 3.04. The number of carbonyl (C=O) groups is 1. The molecule has 24 heavy (non-hydrogen) atoms. The Morgan fingerprint density at radius 1 is 1.25 bits per heavy atom. The maximum absolute atomic E-state index is 11.9. The molecule has 4 N–H and O–H groups in total. The largest absolute Gasteiger partial charge is 0.508 e. The van der Waals surface area contributed by atoms with Gasteiger partial charge in [-0.25, -0.2) is 5.43 Å². The summed E-state index contributed by atoms with van der Waals surface area (Å²) in [5, 5.41) is 13.1. The number of phenolic OH excluding ortho intramolecular Hbond substituents is 1. The number of nitrogens with two attached hydrogens (primary N) is 1. The molecule has 0 saturated heterocycles. The van der Waals surface area contributed by atoms with Crippen LogP contribution in [-0.4, -0.2) is 30.1 Å². The summed E-state index contributed by atoms with van der Waals surface area (Å²) in [5.41, 5.74) is 9.90. The lowest BCUT2D eigenvalue weighted by Gasteiger charge is -2.09. The van der Waals surface area contributed by atoms with Crippen LogP contribution in [0, 0.1) is 0 Å². The molecule has 1 aliphatic rings. The molecule has 124 valence electrons. The predicted molar refractivity (Wildman–Crippen MR) is 88.1 cm³/mol. The van der Waals surface area contributed by atoms with E-state index in [0.717, 1.165) is 11.1 Å². The summed E-state index contributed by atoms with van der Waals surface area (Å²) >= 11 is 0. The van der Waals surface area contributed by atoms with E-state index < -0.39 is 6.04 Å². The molecule has 0 saturated carbocycles. The Kier molecular flexibility index (Phi) is 4.62. The Bertz CT molecular complexity index is 759. The Morgan fingerprint density at radius 3 is 2.79 bits per heavy atom. The van der Waals surface area contributed by atoms with Crippen LogP contribution in [0.5, 0.6) is 17.2 Å². The van der Waals surface area contributed by atoms with Crippen molar-refractivity contribution in [3.63, 3.8) is 0 Å². The van der Waals surface area contributed by atoms with Crippen molar-refractivity contribution in [1.82, 2.24) is 5.43 Å². The molecule has 2 aromatic carbocycles. The fourth-order valence-electron chi connectivity index (χ4n) is 2.23. The third-order valence-corrected chi connectivity index (χ3v) is 3.51. The van der Waals surface area contributed by atoms with Crippen LogP contribution < -0.4 is 20.6 Å². The number of carbonyl (C=O) groups excluding carboxylic acids is 1. The molecule has 1 aliphatic heterocycles. The van der Waals surface area contributed by atoms with Crippen molar-refractivity contribution in [2.75, 3.05) is 6.79 Å². The second-order valence-electron chi connectivity index (χ2n) is 5.32. The summed E-state index contributed by atoms with van der Waals surface area (Å²) in [7, 11) is 0. The Hall–Kier alpha value is -3.06. The number of rotatable bonds is 5. The summed E-state index contributed by atoms with van der Waals surface area (Å²) < 4.78 is 10.5. The molecule has 0 unspecified atom stereocenters. The molecule has 3 rings (SSSR count). The molecule has 1 amide bonds. The number of nitrogens with zero attached hydrogens (tertiary/aromatic N) is 1. The number of nitrogens with one attached hydrogen (secondary N) is 1. The molecule has 0 spiro atoms. The maximum atomic E-state index is 11.9. The lowest BCUT2D eigenvalue weighted by Crippen LogP contribution is -2.39. The van der Waals surface area contributed by atoms with Crippen LogP contribution in [0.1, 0.15) is 11.1 Å². The van der Waals surface area contributed by atoms with E-state index in [0.29, 0.717) is 17.9 Å². The molecular weight excluding hydrogens is 310 g/mol. The number of phenols is 1. The van der Waals surface area contributed by atoms with Crippen molar-refractivity contribution in [2.24, 2.45) is 10.8 Å². The van der Waals surface area contributed by atoms with E-state index in [1.54, 1.807) is 42.5 Å². The van der Waals surface area contributed by atoms with Gasteiger partial charge in [0.15, 0.2) is 11.5 Å². The molecule has 0 aromatic heterocycles. The topological polar surface area (TPSA) is 106 Å². The van der Waals surface area contributed by atoms with Crippen molar-refractivity contribution in [1.29, 1.82) is 0 Å². The summed E-state index contributed by atoms with van der Waals surface area (Å²) in [6.45, 7) is 0.207. The summed E-state index contributed by atoms with van der Waals surface area (Å²) in [6, 6.07) is 11.2. The van der Waals surface area contributed by atoms with Crippen LogP contribution in [0.2, 0.25) is 0 Å². The second kappa shape index (κ2) is 7.01. The summed E-state index contributed by atoms with van der Waals surface area (Å²) in [4.78, 5) is 11.9. The normalized spacial score (nSPS) is 13.9. The molecule has 1 atom stereocenters. The van der Waals surface area contributed by atoms with Gasteiger partial charge in [-0.15, -0.1) is 0 Å². The minimum Gasteiger partial charge on any atom is -0.508 e. The smallest absolute Gasteiger partial charge is 0.257 e. The predicted octanol–water partition coefficient (Wildman–Crippen LogP) is 1.14. The van der Waals surface area contributed by atoms with Gasteiger partial charge in [0.05, 0.1) is 12.3 Å². The molecule has 0 aliphatic carbocycles. The lowest BCUT2D eigenvalue weighted by molar-refractivity contribution is -0.122. The van der Waals surface area contributed by atoms with Gasteiger partial charge in [0, 0.05) is 0 Å². The number of hydrogen-bond donors (Lipinski definition) is 3. The highest BCUT2D eigenvalue weighted by Crippen LogP contribution is 2.31. The van der Waals surface area contributed by atoms with Crippen LogP contribution in [0.15, 0.2) is 47.6 Å².